The third-order valence-corrected chi connectivity index (χ3v) is 3.73. The van der Waals surface area contributed by atoms with Gasteiger partial charge in [0.1, 0.15) is 5.54 Å². The molecule has 4 N–H and O–H groups in total. The molecule has 1 rings (SSSR count). The molecule has 7 nitrogen and oxygen atoms in total. The van der Waals surface area contributed by atoms with E-state index in [2.05, 4.69) is 10.6 Å². The van der Waals surface area contributed by atoms with E-state index in [4.69, 9.17) is 5.73 Å². The first-order chi connectivity index (χ1) is 9.62. The van der Waals surface area contributed by atoms with Gasteiger partial charge in [0.2, 0.25) is 11.8 Å². The molecule has 1 fully saturated rings. The van der Waals surface area contributed by atoms with Gasteiger partial charge in [-0.15, -0.1) is 0 Å². The van der Waals surface area contributed by atoms with Crippen LogP contribution in [0.1, 0.15) is 40.5 Å². The largest absolute Gasteiger partial charge is 0.354 e. The van der Waals surface area contributed by atoms with Gasteiger partial charge in [-0.05, 0) is 19.8 Å². The average molecular weight is 298 g/mol. The van der Waals surface area contributed by atoms with Gasteiger partial charge in [0.25, 0.3) is 0 Å². The number of hydrogen-bond acceptors (Lipinski definition) is 3. The van der Waals surface area contributed by atoms with Crippen LogP contribution in [0, 0.1) is 5.41 Å². The monoisotopic (exact) mass is 298 g/mol. The number of urea groups is 1. The predicted molar refractivity (Wildman–Crippen MR) is 79.4 cm³/mol. The number of carbonyl (C=O) groups is 3. The highest BCUT2D eigenvalue weighted by Gasteiger charge is 2.44. The van der Waals surface area contributed by atoms with Crippen molar-refractivity contribution in [3.63, 3.8) is 0 Å². The lowest BCUT2D eigenvalue weighted by atomic mass is 9.84. The number of likely N-dealkylation sites (N-methyl/N-ethyl adjacent to an activating group) is 1. The smallest absolute Gasteiger partial charge is 0.314 e. The summed E-state index contributed by atoms with van der Waals surface area (Å²) in [4.78, 5) is 37.4. The number of piperidine rings is 1. The van der Waals surface area contributed by atoms with Crippen molar-refractivity contribution in [2.24, 2.45) is 11.1 Å². The zero-order valence-corrected chi connectivity index (χ0v) is 13.3. The van der Waals surface area contributed by atoms with E-state index in [0.29, 0.717) is 32.5 Å². The molecular formula is C14H26N4O3. The molecule has 1 aliphatic rings. The minimum Gasteiger partial charge on any atom is -0.354 e. The topological polar surface area (TPSA) is 105 Å². The lowest BCUT2D eigenvalue weighted by Crippen LogP contribution is -2.65. The summed E-state index contributed by atoms with van der Waals surface area (Å²) < 4.78 is 0. The highest BCUT2D eigenvalue weighted by molar-refractivity contribution is 5.93. The summed E-state index contributed by atoms with van der Waals surface area (Å²) in [6, 6.07) is -0.498. The summed E-state index contributed by atoms with van der Waals surface area (Å²) in [5.41, 5.74) is 3.71. The second-order valence-corrected chi connectivity index (χ2v) is 6.47. The van der Waals surface area contributed by atoms with Crippen LogP contribution in [0.2, 0.25) is 0 Å². The molecule has 0 saturated carbocycles. The first-order valence-corrected chi connectivity index (χ1v) is 7.27. The van der Waals surface area contributed by atoms with E-state index in [-0.39, 0.29) is 11.8 Å². The van der Waals surface area contributed by atoms with Gasteiger partial charge in [0.05, 0.1) is 0 Å². The number of primary amides is 1. The van der Waals surface area contributed by atoms with Crippen LogP contribution in [0.15, 0.2) is 0 Å². The van der Waals surface area contributed by atoms with E-state index < -0.39 is 17.0 Å². The molecule has 0 atom stereocenters. The van der Waals surface area contributed by atoms with Crippen LogP contribution in [0.3, 0.4) is 0 Å². The van der Waals surface area contributed by atoms with Gasteiger partial charge in [-0.2, -0.15) is 0 Å². The third kappa shape index (κ3) is 4.09. The van der Waals surface area contributed by atoms with E-state index in [1.54, 1.807) is 20.8 Å². The van der Waals surface area contributed by atoms with E-state index in [0.717, 1.165) is 0 Å². The number of nitrogens with one attached hydrogen (secondary N) is 2. The number of nitrogens with two attached hydrogens (primary N) is 1. The van der Waals surface area contributed by atoms with Gasteiger partial charge in [-0.25, -0.2) is 4.79 Å². The molecule has 1 heterocycles. The molecular weight excluding hydrogens is 272 g/mol. The molecule has 4 amide bonds. The van der Waals surface area contributed by atoms with Crippen LogP contribution in [0.25, 0.3) is 0 Å². The van der Waals surface area contributed by atoms with Crippen molar-refractivity contribution in [1.29, 1.82) is 0 Å². The van der Waals surface area contributed by atoms with Crippen molar-refractivity contribution >= 4 is 17.8 Å². The van der Waals surface area contributed by atoms with Crippen LogP contribution in [-0.4, -0.2) is 47.9 Å². The van der Waals surface area contributed by atoms with Crippen molar-refractivity contribution in [3.8, 4) is 0 Å². The highest BCUT2D eigenvalue weighted by Crippen LogP contribution is 2.25. The molecule has 0 aromatic carbocycles. The Bertz CT molecular complexity index is 420. The van der Waals surface area contributed by atoms with Crippen LogP contribution < -0.4 is 16.4 Å². The van der Waals surface area contributed by atoms with Gasteiger partial charge in [-0.3, -0.25) is 9.59 Å². The predicted octanol–water partition coefficient (Wildman–Crippen LogP) is 0.198. The summed E-state index contributed by atoms with van der Waals surface area (Å²) in [6.07, 6.45) is 0.729. The number of rotatable bonds is 3. The number of amides is 4. The van der Waals surface area contributed by atoms with E-state index in [1.807, 2.05) is 6.92 Å². The number of likely N-dealkylation sites (tertiary alicyclic amines) is 1. The Labute approximate surface area is 125 Å². The summed E-state index contributed by atoms with van der Waals surface area (Å²) in [5.74, 6) is -0.381. The van der Waals surface area contributed by atoms with Gasteiger partial charge in [0, 0.05) is 25.0 Å². The summed E-state index contributed by atoms with van der Waals surface area (Å²) in [7, 11) is 0. The maximum absolute atomic E-state index is 12.4. The Morgan fingerprint density at radius 1 is 1.19 bits per heavy atom. The van der Waals surface area contributed by atoms with E-state index in [1.165, 1.54) is 4.90 Å². The molecule has 1 saturated heterocycles. The molecule has 0 aromatic heterocycles. The van der Waals surface area contributed by atoms with E-state index in [9.17, 15) is 14.4 Å². The fraction of sp³-hybridized carbons (Fsp3) is 0.786. The molecule has 21 heavy (non-hydrogen) atoms. The maximum atomic E-state index is 12.4. The molecule has 0 aromatic rings. The van der Waals surface area contributed by atoms with Crippen molar-refractivity contribution in [1.82, 2.24) is 15.5 Å². The van der Waals surface area contributed by atoms with Crippen molar-refractivity contribution in [2.75, 3.05) is 19.6 Å². The zero-order valence-electron chi connectivity index (χ0n) is 13.3. The first kappa shape index (κ1) is 17.3. The summed E-state index contributed by atoms with van der Waals surface area (Å²) in [6.45, 7) is 8.43. The molecule has 120 valence electrons. The third-order valence-electron chi connectivity index (χ3n) is 3.73. The van der Waals surface area contributed by atoms with Gasteiger partial charge in [-0.1, -0.05) is 20.8 Å². The first-order valence-electron chi connectivity index (χ1n) is 7.27. The average Bonchev–Trinajstić information content (AvgIpc) is 2.38. The quantitative estimate of drug-likeness (QED) is 0.693. The van der Waals surface area contributed by atoms with Crippen LogP contribution in [0.5, 0.6) is 0 Å². The minimum absolute atomic E-state index is 0.179. The maximum Gasteiger partial charge on any atom is 0.314 e. The van der Waals surface area contributed by atoms with E-state index >= 15 is 0 Å². The molecule has 0 aliphatic carbocycles. The fourth-order valence-electron chi connectivity index (χ4n) is 2.25. The second-order valence-electron chi connectivity index (χ2n) is 6.47. The van der Waals surface area contributed by atoms with Gasteiger partial charge in [0.15, 0.2) is 0 Å². The minimum atomic E-state index is -0.966. The normalized spacial score (nSPS) is 18.0. The number of nitrogens with zero attached hydrogens (tertiary/aromatic N) is 1. The Hall–Kier alpha value is -1.79. The lowest BCUT2D eigenvalue weighted by Gasteiger charge is -2.41. The molecule has 0 bridgehead atoms. The van der Waals surface area contributed by atoms with Gasteiger partial charge >= 0.3 is 6.03 Å². The lowest BCUT2D eigenvalue weighted by molar-refractivity contribution is -0.139. The number of carbonyl (C=O) groups excluding carboxylic acids is 3. The number of hydrogen-bond donors (Lipinski definition) is 3. The van der Waals surface area contributed by atoms with Crippen molar-refractivity contribution < 1.29 is 14.4 Å². The molecule has 1 aliphatic heterocycles. The fourth-order valence-corrected chi connectivity index (χ4v) is 2.25. The van der Waals surface area contributed by atoms with Crippen molar-refractivity contribution in [3.05, 3.63) is 0 Å². The standard InChI is InChI=1S/C14H26N4O3/c1-5-16-11(20)14(17-10(19)13(2,3)4)6-8-18(9-7-14)12(15)21/h5-9H2,1-4H3,(H2,15,21)(H,16,20)(H,17,19). The Kier molecular flexibility index (Phi) is 5.20. The molecule has 0 radical (unpaired) electrons. The Morgan fingerprint density at radius 2 is 1.71 bits per heavy atom. The molecule has 0 unspecified atom stereocenters. The van der Waals surface area contributed by atoms with Crippen molar-refractivity contribution in [2.45, 2.75) is 46.1 Å². The summed E-state index contributed by atoms with van der Waals surface area (Å²) in [5, 5.41) is 5.66. The Morgan fingerprint density at radius 3 is 2.10 bits per heavy atom. The summed E-state index contributed by atoms with van der Waals surface area (Å²) >= 11 is 0. The van der Waals surface area contributed by atoms with Crippen LogP contribution in [-0.2, 0) is 9.59 Å². The van der Waals surface area contributed by atoms with Crippen LogP contribution in [0.4, 0.5) is 4.79 Å². The Balaban J connectivity index is 2.91. The zero-order chi connectivity index (χ0) is 16.3. The van der Waals surface area contributed by atoms with Crippen LogP contribution >= 0.6 is 0 Å². The molecule has 7 heteroatoms. The SMILES string of the molecule is CCNC(=O)C1(NC(=O)C(C)(C)C)CCN(C(N)=O)CC1. The highest BCUT2D eigenvalue weighted by atomic mass is 16.2. The second kappa shape index (κ2) is 6.32. The molecule has 0 spiro atoms. The van der Waals surface area contributed by atoms with Gasteiger partial charge < -0.3 is 21.3 Å².